The lowest BCUT2D eigenvalue weighted by Gasteiger charge is -2.37. The van der Waals surface area contributed by atoms with Crippen molar-refractivity contribution in [3.8, 4) is 0 Å². The Labute approximate surface area is 90.4 Å². The number of hydrogen-bond acceptors (Lipinski definition) is 3. The van der Waals surface area contributed by atoms with Gasteiger partial charge in [0.1, 0.15) is 0 Å². The van der Waals surface area contributed by atoms with Crippen LogP contribution in [0.4, 0.5) is 4.79 Å². The highest BCUT2D eigenvalue weighted by molar-refractivity contribution is 5.74. The quantitative estimate of drug-likeness (QED) is 0.708. The average Bonchev–Trinajstić information content (AvgIpc) is 2.26. The maximum atomic E-state index is 11.7. The molecule has 0 aromatic rings. The Morgan fingerprint density at radius 2 is 2.40 bits per heavy atom. The molecule has 1 aliphatic heterocycles. The Kier molecular flexibility index (Phi) is 4.84. The van der Waals surface area contributed by atoms with Gasteiger partial charge >= 0.3 is 6.03 Å². The number of morpholine rings is 1. The number of carbonyl (C=O) groups excluding carboxylic acids is 1. The second kappa shape index (κ2) is 5.92. The van der Waals surface area contributed by atoms with Crippen LogP contribution in [0.3, 0.4) is 0 Å². The minimum absolute atomic E-state index is 0.0374. The molecule has 5 nitrogen and oxygen atoms in total. The van der Waals surface area contributed by atoms with E-state index in [-0.39, 0.29) is 24.8 Å². The Morgan fingerprint density at radius 1 is 1.67 bits per heavy atom. The van der Waals surface area contributed by atoms with Crippen molar-refractivity contribution in [2.24, 2.45) is 0 Å². The van der Waals surface area contributed by atoms with Gasteiger partial charge in [-0.15, -0.1) is 0 Å². The zero-order valence-corrected chi connectivity index (χ0v) is 9.40. The largest absolute Gasteiger partial charge is 0.394 e. The summed E-state index contributed by atoms with van der Waals surface area (Å²) >= 11 is 0. The van der Waals surface area contributed by atoms with Gasteiger partial charge in [0.25, 0.3) is 0 Å². The Hall–Kier alpha value is -0.810. The number of amides is 2. The van der Waals surface area contributed by atoms with Crippen molar-refractivity contribution >= 4 is 6.03 Å². The highest BCUT2D eigenvalue weighted by Crippen LogP contribution is 2.11. The minimum Gasteiger partial charge on any atom is -0.394 e. The van der Waals surface area contributed by atoms with E-state index >= 15 is 0 Å². The second-order valence-corrected chi connectivity index (χ2v) is 3.87. The van der Waals surface area contributed by atoms with E-state index in [1.165, 1.54) is 0 Å². The van der Waals surface area contributed by atoms with E-state index in [0.29, 0.717) is 19.7 Å². The highest BCUT2D eigenvalue weighted by atomic mass is 16.5. The zero-order chi connectivity index (χ0) is 11.3. The normalized spacial score (nSPS) is 26.5. The summed E-state index contributed by atoms with van der Waals surface area (Å²) in [6.45, 7) is 5.56. The third-order valence-corrected chi connectivity index (χ3v) is 2.50. The van der Waals surface area contributed by atoms with Crippen molar-refractivity contribution in [1.82, 2.24) is 10.2 Å². The van der Waals surface area contributed by atoms with Gasteiger partial charge in [0.2, 0.25) is 0 Å². The van der Waals surface area contributed by atoms with Crippen molar-refractivity contribution in [2.75, 3.05) is 26.3 Å². The van der Waals surface area contributed by atoms with Gasteiger partial charge in [0.05, 0.1) is 31.9 Å². The molecule has 88 valence electrons. The van der Waals surface area contributed by atoms with E-state index < -0.39 is 0 Å². The molecule has 1 heterocycles. The van der Waals surface area contributed by atoms with Crippen LogP contribution < -0.4 is 5.32 Å². The Balaban J connectivity index is 2.46. The molecule has 2 unspecified atom stereocenters. The Bertz CT molecular complexity index is 211. The first-order valence-corrected chi connectivity index (χ1v) is 5.46. The van der Waals surface area contributed by atoms with E-state index in [9.17, 15) is 4.79 Å². The summed E-state index contributed by atoms with van der Waals surface area (Å²) in [5.41, 5.74) is 0. The number of nitrogens with one attached hydrogen (secondary N) is 1. The molecule has 2 atom stereocenters. The van der Waals surface area contributed by atoms with Gasteiger partial charge < -0.3 is 20.1 Å². The van der Waals surface area contributed by atoms with Crippen molar-refractivity contribution in [1.29, 1.82) is 0 Å². The SMILES string of the molecule is CCCNC(=O)N1CC(CO)OCC1C. The molecule has 0 bridgehead atoms. The summed E-state index contributed by atoms with van der Waals surface area (Å²) in [5, 5.41) is 11.8. The van der Waals surface area contributed by atoms with Crippen molar-refractivity contribution in [3.63, 3.8) is 0 Å². The van der Waals surface area contributed by atoms with E-state index in [1.54, 1.807) is 4.90 Å². The number of urea groups is 1. The maximum Gasteiger partial charge on any atom is 0.317 e. The maximum absolute atomic E-state index is 11.7. The van der Waals surface area contributed by atoms with Crippen LogP contribution in [0, 0.1) is 0 Å². The summed E-state index contributed by atoms with van der Waals surface area (Å²) in [5.74, 6) is 0. The number of ether oxygens (including phenoxy) is 1. The smallest absolute Gasteiger partial charge is 0.317 e. The number of aliphatic hydroxyl groups excluding tert-OH is 1. The molecule has 2 N–H and O–H groups in total. The van der Waals surface area contributed by atoms with Crippen LogP contribution in [-0.2, 0) is 4.74 Å². The second-order valence-electron chi connectivity index (χ2n) is 3.87. The molecular formula is C10H20N2O3. The first kappa shape index (κ1) is 12.3. The standard InChI is InChI=1S/C10H20N2O3/c1-3-4-11-10(14)12-5-9(6-13)15-7-8(12)2/h8-9,13H,3-7H2,1-2H3,(H,11,14). The monoisotopic (exact) mass is 216 g/mol. The van der Waals surface area contributed by atoms with E-state index in [1.807, 2.05) is 13.8 Å². The van der Waals surface area contributed by atoms with Gasteiger partial charge in [-0.25, -0.2) is 4.79 Å². The van der Waals surface area contributed by atoms with Crippen LogP contribution in [0.25, 0.3) is 0 Å². The molecule has 2 amide bonds. The predicted octanol–water partition coefficient (Wildman–Crippen LogP) is 0.188. The lowest BCUT2D eigenvalue weighted by atomic mass is 10.2. The molecule has 15 heavy (non-hydrogen) atoms. The summed E-state index contributed by atoms with van der Waals surface area (Å²) < 4.78 is 5.35. The van der Waals surface area contributed by atoms with Gasteiger partial charge in [0.15, 0.2) is 0 Å². The van der Waals surface area contributed by atoms with Gasteiger partial charge in [-0.1, -0.05) is 6.92 Å². The Morgan fingerprint density at radius 3 is 3.00 bits per heavy atom. The third-order valence-electron chi connectivity index (χ3n) is 2.50. The number of carbonyl (C=O) groups is 1. The molecule has 0 aromatic heterocycles. The van der Waals surface area contributed by atoms with E-state index in [4.69, 9.17) is 9.84 Å². The van der Waals surface area contributed by atoms with Gasteiger partial charge in [-0.2, -0.15) is 0 Å². The van der Waals surface area contributed by atoms with Crippen LogP contribution in [0.15, 0.2) is 0 Å². The predicted molar refractivity (Wildman–Crippen MR) is 56.7 cm³/mol. The van der Waals surface area contributed by atoms with Crippen LogP contribution in [0.5, 0.6) is 0 Å². The van der Waals surface area contributed by atoms with Crippen LogP contribution in [-0.4, -0.2) is 54.5 Å². The molecule has 0 saturated carbocycles. The van der Waals surface area contributed by atoms with Crippen LogP contribution in [0.1, 0.15) is 20.3 Å². The summed E-state index contributed by atoms with van der Waals surface area (Å²) in [6, 6.07) is 0.00996. The summed E-state index contributed by atoms with van der Waals surface area (Å²) in [7, 11) is 0. The molecule has 1 fully saturated rings. The molecule has 5 heteroatoms. The van der Waals surface area contributed by atoms with Crippen LogP contribution in [0.2, 0.25) is 0 Å². The van der Waals surface area contributed by atoms with Crippen molar-refractivity contribution in [2.45, 2.75) is 32.4 Å². The van der Waals surface area contributed by atoms with E-state index in [2.05, 4.69) is 5.32 Å². The third kappa shape index (κ3) is 3.35. The number of hydrogen-bond donors (Lipinski definition) is 2. The fourth-order valence-corrected chi connectivity index (χ4v) is 1.54. The zero-order valence-electron chi connectivity index (χ0n) is 9.40. The lowest BCUT2D eigenvalue weighted by Crippen LogP contribution is -2.55. The molecule has 1 aliphatic rings. The molecule has 1 rings (SSSR count). The van der Waals surface area contributed by atoms with Crippen LogP contribution >= 0.6 is 0 Å². The highest BCUT2D eigenvalue weighted by Gasteiger charge is 2.28. The molecule has 0 spiro atoms. The minimum atomic E-state index is -0.242. The van der Waals surface area contributed by atoms with Gasteiger partial charge in [0, 0.05) is 6.54 Å². The van der Waals surface area contributed by atoms with Crippen molar-refractivity contribution < 1.29 is 14.6 Å². The van der Waals surface area contributed by atoms with E-state index in [0.717, 1.165) is 6.42 Å². The molecule has 0 aliphatic carbocycles. The topological polar surface area (TPSA) is 61.8 Å². The van der Waals surface area contributed by atoms with Crippen molar-refractivity contribution in [3.05, 3.63) is 0 Å². The molecule has 0 aromatic carbocycles. The fraction of sp³-hybridized carbons (Fsp3) is 0.900. The average molecular weight is 216 g/mol. The van der Waals surface area contributed by atoms with Gasteiger partial charge in [-0.05, 0) is 13.3 Å². The molecule has 0 radical (unpaired) electrons. The first-order valence-electron chi connectivity index (χ1n) is 5.46. The van der Waals surface area contributed by atoms with Gasteiger partial charge in [-0.3, -0.25) is 0 Å². The lowest BCUT2D eigenvalue weighted by molar-refractivity contribution is -0.0627. The molecule has 1 saturated heterocycles. The fourth-order valence-electron chi connectivity index (χ4n) is 1.54. The summed E-state index contributed by atoms with van der Waals surface area (Å²) in [4.78, 5) is 13.4. The number of rotatable bonds is 3. The molecular weight excluding hydrogens is 196 g/mol. The summed E-state index contributed by atoms with van der Waals surface area (Å²) in [6.07, 6.45) is 0.682. The number of aliphatic hydroxyl groups is 1. The number of nitrogens with zero attached hydrogens (tertiary/aromatic N) is 1. The first-order chi connectivity index (χ1) is 7.19.